The van der Waals surface area contributed by atoms with Gasteiger partial charge in [0.25, 0.3) is 5.56 Å². The van der Waals surface area contributed by atoms with Crippen molar-refractivity contribution < 1.29 is 0 Å². The first kappa shape index (κ1) is 12.2. The van der Waals surface area contributed by atoms with Crippen LogP contribution < -0.4 is 10.5 Å². The van der Waals surface area contributed by atoms with E-state index in [1.807, 2.05) is 0 Å². The van der Waals surface area contributed by atoms with Gasteiger partial charge in [-0.25, -0.2) is 4.98 Å². The number of hydrogen-bond donors (Lipinski definition) is 1. The highest BCUT2D eigenvalue weighted by molar-refractivity contribution is 9.10. The van der Waals surface area contributed by atoms with E-state index in [2.05, 4.69) is 42.7 Å². The molecule has 6 heteroatoms. The highest BCUT2D eigenvalue weighted by atomic mass is 79.9. The number of nitrogens with zero attached hydrogens (tertiary/aromatic N) is 3. The SMILES string of the molecule is CN1C2CCC1CN(c1nc[nH]c(=O)c1Br)CC2. The van der Waals surface area contributed by atoms with Gasteiger partial charge in [0.2, 0.25) is 0 Å². The van der Waals surface area contributed by atoms with E-state index in [1.165, 1.54) is 19.2 Å². The number of nitrogens with one attached hydrogen (secondary N) is 1. The fourth-order valence-corrected chi connectivity index (χ4v) is 3.56. The van der Waals surface area contributed by atoms with Crippen LogP contribution in [-0.2, 0) is 0 Å². The number of aromatic amines is 1. The maximum absolute atomic E-state index is 11.6. The van der Waals surface area contributed by atoms with Gasteiger partial charge in [-0.05, 0) is 42.2 Å². The van der Waals surface area contributed by atoms with Gasteiger partial charge in [-0.15, -0.1) is 0 Å². The Balaban J connectivity index is 1.89. The minimum atomic E-state index is -0.109. The number of halogens is 1. The summed E-state index contributed by atoms with van der Waals surface area (Å²) in [7, 11) is 2.21. The third-order valence-electron chi connectivity index (χ3n) is 4.23. The van der Waals surface area contributed by atoms with Crippen LogP contribution >= 0.6 is 15.9 Å². The summed E-state index contributed by atoms with van der Waals surface area (Å²) in [4.78, 5) is 23.2. The number of rotatable bonds is 1. The van der Waals surface area contributed by atoms with Crippen molar-refractivity contribution in [1.82, 2.24) is 14.9 Å². The molecule has 2 aliphatic rings. The summed E-state index contributed by atoms with van der Waals surface area (Å²) in [5, 5.41) is 0. The molecule has 0 amide bonds. The number of anilines is 1. The predicted molar refractivity (Wildman–Crippen MR) is 74.0 cm³/mol. The second kappa shape index (κ2) is 4.66. The number of H-pyrrole nitrogens is 1. The maximum Gasteiger partial charge on any atom is 0.267 e. The molecule has 1 aromatic rings. The lowest BCUT2D eigenvalue weighted by molar-refractivity contribution is 0.254. The van der Waals surface area contributed by atoms with Crippen LogP contribution in [0.25, 0.3) is 0 Å². The molecule has 98 valence electrons. The molecule has 0 aromatic carbocycles. The summed E-state index contributed by atoms with van der Waals surface area (Å²) in [5.74, 6) is 0.778. The zero-order valence-electron chi connectivity index (χ0n) is 10.4. The Morgan fingerprint density at radius 3 is 3.00 bits per heavy atom. The number of likely N-dealkylation sites (N-methyl/N-ethyl adjacent to an activating group) is 1. The Morgan fingerprint density at radius 1 is 1.39 bits per heavy atom. The van der Waals surface area contributed by atoms with E-state index >= 15 is 0 Å². The maximum atomic E-state index is 11.6. The van der Waals surface area contributed by atoms with Crippen LogP contribution in [-0.4, -0.2) is 47.1 Å². The molecule has 1 aromatic heterocycles. The topological polar surface area (TPSA) is 52.2 Å². The molecule has 0 aliphatic carbocycles. The van der Waals surface area contributed by atoms with Gasteiger partial charge in [0, 0.05) is 25.2 Å². The van der Waals surface area contributed by atoms with Crippen LogP contribution in [0.2, 0.25) is 0 Å². The summed E-state index contributed by atoms with van der Waals surface area (Å²) in [6.45, 7) is 1.93. The quantitative estimate of drug-likeness (QED) is 0.847. The molecular formula is C12H17BrN4O. The van der Waals surface area contributed by atoms with E-state index in [4.69, 9.17) is 0 Å². The molecular weight excluding hydrogens is 296 g/mol. The number of fused-ring (bicyclic) bond motifs is 2. The van der Waals surface area contributed by atoms with Gasteiger partial charge in [0.1, 0.15) is 10.3 Å². The normalized spacial score (nSPS) is 28.4. The zero-order chi connectivity index (χ0) is 12.7. The van der Waals surface area contributed by atoms with Gasteiger partial charge < -0.3 is 9.88 Å². The van der Waals surface area contributed by atoms with Gasteiger partial charge in [0.15, 0.2) is 0 Å². The molecule has 2 saturated heterocycles. The lowest BCUT2D eigenvalue weighted by Crippen LogP contribution is -2.37. The smallest absolute Gasteiger partial charge is 0.267 e. The first-order valence-corrected chi connectivity index (χ1v) is 7.16. The van der Waals surface area contributed by atoms with Gasteiger partial charge in [-0.1, -0.05) is 0 Å². The van der Waals surface area contributed by atoms with E-state index in [0.717, 1.165) is 25.3 Å². The van der Waals surface area contributed by atoms with E-state index in [-0.39, 0.29) is 5.56 Å². The minimum Gasteiger partial charge on any atom is -0.354 e. The molecule has 18 heavy (non-hydrogen) atoms. The molecule has 2 bridgehead atoms. The van der Waals surface area contributed by atoms with Crippen LogP contribution in [0.3, 0.4) is 0 Å². The first-order valence-electron chi connectivity index (χ1n) is 6.37. The van der Waals surface area contributed by atoms with Crippen LogP contribution in [0.1, 0.15) is 19.3 Å². The second-order valence-corrected chi connectivity index (χ2v) is 5.95. The molecule has 0 spiro atoms. The molecule has 2 unspecified atom stereocenters. The monoisotopic (exact) mass is 312 g/mol. The molecule has 1 N–H and O–H groups in total. The molecule has 0 saturated carbocycles. The summed E-state index contributed by atoms with van der Waals surface area (Å²) < 4.78 is 0.547. The lowest BCUT2D eigenvalue weighted by Gasteiger charge is -2.26. The Morgan fingerprint density at radius 2 is 2.17 bits per heavy atom. The average Bonchev–Trinajstić information content (AvgIpc) is 2.58. The summed E-state index contributed by atoms with van der Waals surface area (Å²) >= 11 is 3.35. The van der Waals surface area contributed by atoms with Gasteiger partial charge in [0.05, 0.1) is 6.33 Å². The minimum absolute atomic E-state index is 0.109. The first-order chi connectivity index (χ1) is 8.66. The van der Waals surface area contributed by atoms with E-state index < -0.39 is 0 Å². The molecule has 2 fully saturated rings. The molecule has 2 aliphatic heterocycles. The van der Waals surface area contributed by atoms with E-state index in [9.17, 15) is 4.79 Å². The fourth-order valence-electron chi connectivity index (χ4n) is 3.10. The molecule has 2 atom stereocenters. The van der Waals surface area contributed by atoms with E-state index in [0.29, 0.717) is 16.6 Å². The summed E-state index contributed by atoms with van der Waals surface area (Å²) in [5.41, 5.74) is -0.109. The van der Waals surface area contributed by atoms with Crippen molar-refractivity contribution in [2.24, 2.45) is 0 Å². The van der Waals surface area contributed by atoms with Crippen molar-refractivity contribution in [1.29, 1.82) is 0 Å². The molecule has 3 heterocycles. The van der Waals surface area contributed by atoms with Crippen molar-refractivity contribution in [3.05, 3.63) is 21.2 Å². The second-order valence-electron chi connectivity index (χ2n) is 5.15. The van der Waals surface area contributed by atoms with Crippen molar-refractivity contribution >= 4 is 21.7 Å². The average molecular weight is 313 g/mol. The van der Waals surface area contributed by atoms with Crippen LogP contribution in [0.4, 0.5) is 5.82 Å². The predicted octanol–water partition coefficient (Wildman–Crippen LogP) is 1.21. The summed E-state index contributed by atoms with van der Waals surface area (Å²) in [6, 6.07) is 1.28. The Labute approximate surface area is 114 Å². The number of aromatic nitrogens is 2. The van der Waals surface area contributed by atoms with Crippen LogP contribution in [0.15, 0.2) is 15.6 Å². The fraction of sp³-hybridized carbons (Fsp3) is 0.667. The standard InChI is InChI=1S/C12H17BrN4O/c1-16-8-2-3-9(16)6-17(5-4-8)11-10(13)12(18)15-7-14-11/h7-9H,2-6H2,1H3,(H,14,15,18). The van der Waals surface area contributed by atoms with Crippen molar-refractivity contribution in [3.8, 4) is 0 Å². The van der Waals surface area contributed by atoms with Gasteiger partial charge >= 0.3 is 0 Å². The lowest BCUT2D eigenvalue weighted by atomic mass is 10.1. The zero-order valence-corrected chi connectivity index (χ0v) is 12.0. The Bertz CT molecular complexity index is 503. The van der Waals surface area contributed by atoms with Crippen LogP contribution in [0.5, 0.6) is 0 Å². The van der Waals surface area contributed by atoms with Gasteiger partial charge in [-0.3, -0.25) is 9.69 Å². The largest absolute Gasteiger partial charge is 0.354 e. The highest BCUT2D eigenvalue weighted by Crippen LogP contribution is 2.31. The van der Waals surface area contributed by atoms with E-state index in [1.54, 1.807) is 0 Å². The third-order valence-corrected chi connectivity index (χ3v) is 4.94. The molecule has 5 nitrogen and oxygen atoms in total. The highest BCUT2D eigenvalue weighted by Gasteiger charge is 2.35. The Hall–Kier alpha value is -0.880. The van der Waals surface area contributed by atoms with Crippen LogP contribution in [0, 0.1) is 0 Å². The molecule has 3 rings (SSSR count). The third kappa shape index (κ3) is 1.97. The summed E-state index contributed by atoms with van der Waals surface area (Å²) in [6.07, 6.45) is 5.18. The number of hydrogen-bond acceptors (Lipinski definition) is 4. The van der Waals surface area contributed by atoms with Crippen molar-refractivity contribution in [2.75, 3.05) is 25.0 Å². The van der Waals surface area contributed by atoms with Crippen molar-refractivity contribution in [3.63, 3.8) is 0 Å². The molecule has 0 radical (unpaired) electrons. The van der Waals surface area contributed by atoms with Gasteiger partial charge in [-0.2, -0.15) is 0 Å². The van der Waals surface area contributed by atoms with Crippen molar-refractivity contribution in [2.45, 2.75) is 31.3 Å². The Kier molecular flexibility index (Phi) is 3.15.